The molecule has 0 radical (unpaired) electrons. The lowest BCUT2D eigenvalue weighted by atomic mass is 9.63. The number of likely N-dealkylation sites (tertiary alicyclic amines) is 1. The van der Waals surface area contributed by atoms with E-state index in [4.69, 9.17) is 4.74 Å². The second-order valence-corrected chi connectivity index (χ2v) is 10.2. The Morgan fingerprint density at radius 1 is 0.969 bits per heavy atom. The molecule has 1 N–H and O–H groups in total. The molecule has 168 valence electrons. The molecule has 32 heavy (non-hydrogen) atoms. The van der Waals surface area contributed by atoms with E-state index in [1.807, 2.05) is 31.2 Å². The third kappa shape index (κ3) is 3.02. The van der Waals surface area contributed by atoms with Gasteiger partial charge in [-0.2, -0.15) is 0 Å². The summed E-state index contributed by atoms with van der Waals surface area (Å²) in [5.74, 6) is 2.40. The largest absolute Gasteiger partial charge is 0.494 e. The summed E-state index contributed by atoms with van der Waals surface area (Å²) in [6, 6.07) is 7.36. The topological polar surface area (TPSA) is 75.7 Å². The summed E-state index contributed by atoms with van der Waals surface area (Å²) in [5, 5.41) is 3.00. The van der Waals surface area contributed by atoms with Crippen LogP contribution in [0.5, 0.6) is 5.75 Å². The van der Waals surface area contributed by atoms with Crippen molar-refractivity contribution >= 4 is 23.4 Å². The Bertz CT molecular complexity index is 942. The first-order valence-corrected chi connectivity index (χ1v) is 12.2. The van der Waals surface area contributed by atoms with E-state index in [0.29, 0.717) is 44.1 Å². The first kappa shape index (κ1) is 20.0. The summed E-state index contributed by atoms with van der Waals surface area (Å²) in [5.41, 5.74) is 0.760. The zero-order valence-electron chi connectivity index (χ0n) is 18.4. The van der Waals surface area contributed by atoms with E-state index in [0.717, 1.165) is 11.4 Å². The number of amides is 3. The van der Waals surface area contributed by atoms with Crippen LogP contribution >= 0.6 is 0 Å². The third-order valence-electron chi connectivity index (χ3n) is 8.56. The average molecular weight is 435 g/mol. The molecular weight excluding hydrogens is 404 g/mol. The molecule has 1 aromatic rings. The van der Waals surface area contributed by atoms with E-state index in [9.17, 15) is 14.4 Å². The summed E-state index contributed by atoms with van der Waals surface area (Å²) in [6.45, 7) is 2.55. The van der Waals surface area contributed by atoms with Gasteiger partial charge < -0.3 is 10.1 Å². The Hall–Kier alpha value is -2.63. The van der Waals surface area contributed by atoms with Crippen LogP contribution in [0.2, 0.25) is 0 Å². The summed E-state index contributed by atoms with van der Waals surface area (Å²) in [6.07, 6.45) is 8.46. The number of nitrogens with one attached hydrogen (secondary N) is 1. The van der Waals surface area contributed by atoms with Gasteiger partial charge in [0.05, 0.1) is 18.4 Å². The van der Waals surface area contributed by atoms with Gasteiger partial charge in [0.2, 0.25) is 17.7 Å². The van der Waals surface area contributed by atoms with Crippen LogP contribution in [0.15, 0.2) is 36.4 Å². The lowest BCUT2D eigenvalue weighted by Crippen LogP contribution is -2.44. The lowest BCUT2D eigenvalue weighted by Gasteiger charge is -2.37. The molecule has 6 nitrogen and oxygen atoms in total. The Morgan fingerprint density at radius 2 is 1.56 bits per heavy atom. The number of benzene rings is 1. The summed E-state index contributed by atoms with van der Waals surface area (Å²) >= 11 is 0. The number of ether oxygens (including phenoxy) is 1. The third-order valence-corrected chi connectivity index (χ3v) is 8.56. The maximum absolute atomic E-state index is 13.3. The zero-order valence-corrected chi connectivity index (χ0v) is 18.4. The van der Waals surface area contributed by atoms with Gasteiger partial charge >= 0.3 is 0 Å². The van der Waals surface area contributed by atoms with Gasteiger partial charge in [0.25, 0.3) is 0 Å². The number of imide groups is 1. The number of carbonyl (C=O) groups is 3. The SMILES string of the molecule is CCOc1ccc(NC(=O)C2CCC(N3C(=O)[C@H]4[C@@H]5C=C[C@H]([C@H]6C[C@H]56)[C@@H]4C3=O)CC2)cc1. The Kier molecular flexibility index (Phi) is 4.67. The molecule has 1 aliphatic heterocycles. The first-order chi connectivity index (χ1) is 15.6. The van der Waals surface area contributed by atoms with Crippen LogP contribution in [0.1, 0.15) is 39.0 Å². The smallest absolute Gasteiger partial charge is 0.233 e. The van der Waals surface area contributed by atoms with Gasteiger partial charge in [0.1, 0.15) is 5.75 Å². The molecule has 0 aromatic heterocycles. The van der Waals surface area contributed by atoms with Crippen LogP contribution in [0.25, 0.3) is 0 Å². The van der Waals surface area contributed by atoms with Crippen LogP contribution < -0.4 is 10.1 Å². The lowest BCUT2D eigenvalue weighted by molar-refractivity contribution is -0.144. The van der Waals surface area contributed by atoms with Gasteiger partial charge in [-0.05, 0) is 87.0 Å². The predicted molar refractivity (Wildman–Crippen MR) is 119 cm³/mol. The van der Waals surface area contributed by atoms with Gasteiger partial charge in [-0.1, -0.05) is 12.2 Å². The monoisotopic (exact) mass is 434 g/mol. The molecule has 0 unspecified atom stereocenters. The van der Waals surface area contributed by atoms with Crippen molar-refractivity contribution in [2.45, 2.75) is 45.1 Å². The molecule has 6 heteroatoms. The van der Waals surface area contributed by atoms with E-state index in [1.165, 1.54) is 6.42 Å². The summed E-state index contributed by atoms with van der Waals surface area (Å²) in [7, 11) is 0. The molecule has 5 aliphatic carbocycles. The molecule has 3 amide bonds. The number of nitrogens with zero attached hydrogens (tertiary/aromatic N) is 1. The maximum Gasteiger partial charge on any atom is 0.233 e. The fraction of sp³-hybridized carbons (Fsp3) is 0.577. The standard InChI is InChI=1S/C26H30N2O4/c1-2-32-17-9-5-15(6-10-17)27-24(29)14-3-7-16(8-4-14)28-25(30)22-18-11-12-19(21-13-20(18)21)23(22)26(28)31/h5-6,9-12,14,16,18-23H,2-4,7-8,13H2,1H3,(H,27,29)/t14?,16?,18-,19-,20-,21-,22+,23+/m1/s1. The number of allylic oxidation sites excluding steroid dienone is 2. The minimum atomic E-state index is -0.123. The van der Waals surface area contributed by atoms with Crippen molar-refractivity contribution in [2.75, 3.05) is 11.9 Å². The van der Waals surface area contributed by atoms with Crippen molar-refractivity contribution in [1.82, 2.24) is 4.90 Å². The number of hydrogen-bond acceptors (Lipinski definition) is 4. The fourth-order valence-electron chi connectivity index (χ4n) is 6.98. The highest BCUT2D eigenvalue weighted by molar-refractivity contribution is 6.06. The van der Waals surface area contributed by atoms with Gasteiger partial charge in [-0.3, -0.25) is 19.3 Å². The van der Waals surface area contributed by atoms with Gasteiger partial charge in [-0.15, -0.1) is 0 Å². The van der Waals surface area contributed by atoms with E-state index in [2.05, 4.69) is 17.5 Å². The van der Waals surface area contributed by atoms with Gasteiger partial charge in [-0.25, -0.2) is 0 Å². The predicted octanol–water partition coefficient (Wildman–Crippen LogP) is 3.64. The molecule has 4 fully saturated rings. The van der Waals surface area contributed by atoms with Crippen LogP contribution in [0.3, 0.4) is 0 Å². The van der Waals surface area contributed by atoms with Crippen molar-refractivity contribution in [1.29, 1.82) is 0 Å². The minimum Gasteiger partial charge on any atom is -0.494 e. The second-order valence-electron chi connectivity index (χ2n) is 10.2. The van der Waals surface area contributed by atoms with Crippen molar-refractivity contribution in [2.24, 2.45) is 41.4 Å². The van der Waals surface area contributed by atoms with E-state index < -0.39 is 0 Å². The minimum absolute atomic E-state index is 0.0164. The molecular formula is C26H30N2O4. The molecule has 2 bridgehead atoms. The molecule has 0 spiro atoms. The second kappa shape index (κ2) is 7.46. The maximum atomic E-state index is 13.3. The van der Waals surface area contributed by atoms with E-state index in [-0.39, 0.29) is 53.4 Å². The fourth-order valence-corrected chi connectivity index (χ4v) is 6.98. The van der Waals surface area contributed by atoms with Crippen molar-refractivity contribution in [3.05, 3.63) is 36.4 Å². The first-order valence-electron chi connectivity index (χ1n) is 12.2. The molecule has 1 heterocycles. The molecule has 6 atom stereocenters. The van der Waals surface area contributed by atoms with Crippen LogP contribution in [0, 0.1) is 41.4 Å². The number of hydrogen-bond donors (Lipinski definition) is 1. The number of carbonyl (C=O) groups excluding carboxylic acids is 3. The Balaban J connectivity index is 1.07. The Labute approximate surface area is 188 Å². The normalized spacial score (nSPS) is 39.0. The van der Waals surface area contributed by atoms with Crippen molar-refractivity contribution in [3.8, 4) is 5.75 Å². The Morgan fingerprint density at radius 3 is 2.12 bits per heavy atom. The molecule has 1 aromatic carbocycles. The summed E-state index contributed by atoms with van der Waals surface area (Å²) in [4.78, 5) is 41.0. The van der Waals surface area contributed by atoms with E-state index in [1.54, 1.807) is 4.90 Å². The van der Waals surface area contributed by atoms with Gasteiger partial charge in [0.15, 0.2) is 0 Å². The number of rotatable bonds is 5. The highest BCUT2D eigenvalue weighted by Gasteiger charge is 2.67. The van der Waals surface area contributed by atoms with Crippen LogP contribution in [-0.2, 0) is 14.4 Å². The zero-order chi connectivity index (χ0) is 22.0. The van der Waals surface area contributed by atoms with E-state index >= 15 is 0 Å². The summed E-state index contributed by atoms with van der Waals surface area (Å²) < 4.78 is 5.44. The quantitative estimate of drug-likeness (QED) is 0.567. The van der Waals surface area contributed by atoms with Crippen LogP contribution in [-0.4, -0.2) is 35.3 Å². The van der Waals surface area contributed by atoms with Gasteiger partial charge in [0, 0.05) is 17.6 Å². The van der Waals surface area contributed by atoms with Crippen molar-refractivity contribution < 1.29 is 19.1 Å². The molecule has 6 aliphatic rings. The van der Waals surface area contributed by atoms with Crippen LogP contribution in [0.4, 0.5) is 5.69 Å². The highest BCUT2D eigenvalue weighted by Crippen LogP contribution is 2.65. The average Bonchev–Trinajstić information content (AvgIpc) is 3.59. The highest BCUT2D eigenvalue weighted by atomic mass is 16.5. The number of anilines is 1. The van der Waals surface area contributed by atoms with Crippen molar-refractivity contribution in [3.63, 3.8) is 0 Å². The molecule has 3 saturated carbocycles. The molecule has 7 rings (SSSR count). The molecule has 1 saturated heterocycles.